The number of sulfonamides is 1. The van der Waals surface area contributed by atoms with E-state index in [1.807, 2.05) is 24.3 Å². The van der Waals surface area contributed by atoms with Crippen LogP contribution in [0, 0.1) is 0 Å². The van der Waals surface area contributed by atoms with E-state index in [2.05, 4.69) is 0 Å². The average Bonchev–Trinajstić information content (AvgIpc) is 2.60. The second kappa shape index (κ2) is 6.24. The van der Waals surface area contributed by atoms with Crippen LogP contribution in [0.3, 0.4) is 0 Å². The van der Waals surface area contributed by atoms with Crippen molar-refractivity contribution in [1.82, 2.24) is 0 Å². The van der Waals surface area contributed by atoms with E-state index in [4.69, 9.17) is 4.74 Å². The fourth-order valence-electron chi connectivity index (χ4n) is 3.03. The Morgan fingerprint density at radius 1 is 1.00 bits per heavy atom. The molecule has 122 valence electrons. The van der Waals surface area contributed by atoms with Crippen molar-refractivity contribution < 1.29 is 13.2 Å². The van der Waals surface area contributed by atoms with E-state index in [9.17, 15) is 8.42 Å². The van der Waals surface area contributed by atoms with Crippen molar-refractivity contribution in [2.75, 3.05) is 18.5 Å². The lowest BCUT2D eigenvalue weighted by atomic mass is 9.92. The highest BCUT2D eigenvalue weighted by Gasteiger charge is 2.27. The van der Waals surface area contributed by atoms with Gasteiger partial charge in [0.15, 0.2) is 0 Å². The monoisotopic (exact) mass is 331 g/mol. The molecular formula is C18H21NO3S. The number of rotatable bonds is 4. The summed E-state index contributed by atoms with van der Waals surface area (Å²) in [6.45, 7) is 0. The zero-order valence-electron chi connectivity index (χ0n) is 13.5. The number of hydrogen-bond acceptors (Lipinski definition) is 3. The van der Waals surface area contributed by atoms with E-state index in [1.54, 1.807) is 25.2 Å². The molecule has 0 aromatic heterocycles. The van der Waals surface area contributed by atoms with Gasteiger partial charge in [0.05, 0.1) is 12.8 Å². The standard InChI is InChI=1S/C18H21NO3S/c1-19(16-10-4-3-5-11-16)23(20,21)18-13-15-9-7-6-8-14(15)12-17(18)22-2/h3-5,10-13H,6-9H2,1-2H3. The van der Waals surface area contributed by atoms with E-state index < -0.39 is 10.0 Å². The van der Waals surface area contributed by atoms with Crippen LogP contribution in [0.15, 0.2) is 47.4 Å². The molecule has 1 aliphatic rings. The van der Waals surface area contributed by atoms with Gasteiger partial charge in [0, 0.05) is 7.05 Å². The first kappa shape index (κ1) is 15.9. The van der Waals surface area contributed by atoms with Crippen molar-refractivity contribution in [3.63, 3.8) is 0 Å². The highest BCUT2D eigenvalue weighted by molar-refractivity contribution is 7.92. The second-order valence-corrected chi connectivity index (χ2v) is 7.72. The SMILES string of the molecule is COc1cc2c(cc1S(=O)(=O)N(C)c1ccccc1)CCCC2. The molecule has 1 aliphatic carbocycles. The molecule has 0 fully saturated rings. The van der Waals surface area contributed by atoms with Crippen molar-refractivity contribution in [2.45, 2.75) is 30.6 Å². The summed E-state index contributed by atoms with van der Waals surface area (Å²) in [5.41, 5.74) is 2.96. The first-order valence-corrected chi connectivity index (χ1v) is 9.22. The molecule has 0 amide bonds. The fraction of sp³-hybridized carbons (Fsp3) is 0.333. The number of methoxy groups -OCH3 is 1. The Balaban J connectivity index is 2.09. The topological polar surface area (TPSA) is 46.6 Å². The molecule has 0 radical (unpaired) electrons. The number of fused-ring (bicyclic) bond motifs is 1. The Labute approximate surface area is 137 Å². The van der Waals surface area contributed by atoms with Gasteiger partial charge in [-0.1, -0.05) is 18.2 Å². The fourth-order valence-corrected chi connectivity index (χ4v) is 4.41. The molecule has 0 bridgehead atoms. The molecule has 5 heteroatoms. The van der Waals surface area contributed by atoms with E-state index >= 15 is 0 Å². The minimum atomic E-state index is -3.66. The van der Waals surface area contributed by atoms with Crippen molar-refractivity contribution in [1.29, 1.82) is 0 Å². The predicted octanol–water partition coefficient (Wildman–Crippen LogP) is 3.40. The largest absolute Gasteiger partial charge is 0.495 e. The van der Waals surface area contributed by atoms with E-state index in [0.717, 1.165) is 31.2 Å². The van der Waals surface area contributed by atoms with Crippen LogP contribution < -0.4 is 9.04 Å². The van der Waals surface area contributed by atoms with Crippen molar-refractivity contribution in [2.24, 2.45) is 0 Å². The van der Waals surface area contributed by atoms with Crippen molar-refractivity contribution in [3.8, 4) is 5.75 Å². The molecule has 2 aromatic rings. The van der Waals surface area contributed by atoms with Crippen LogP contribution in [-0.4, -0.2) is 22.6 Å². The predicted molar refractivity (Wildman–Crippen MR) is 91.7 cm³/mol. The van der Waals surface area contributed by atoms with Crippen LogP contribution in [0.25, 0.3) is 0 Å². The lowest BCUT2D eigenvalue weighted by Gasteiger charge is -2.23. The van der Waals surface area contributed by atoms with Crippen molar-refractivity contribution in [3.05, 3.63) is 53.6 Å². The molecule has 2 aromatic carbocycles. The van der Waals surface area contributed by atoms with Crippen LogP contribution in [-0.2, 0) is 22.9 Å². The molecule has 0 saturated heterocycles. The van der Waals surface area contributed by atoms with E-state index in [-0.39, 0.29) is 4.90 Å². The summed E-state index contributed by atoms with van der Waals surface area (Å²) in [6, 6.07) is 12.8. The summed E-state index contributed by atoms with van der Waals surface area (Å²) in [5.74, 6) is 0.424. The number of para-hydroxylation sites is 1. The highest BCUT2D eigenvalue weighted by Crippen LogP contribution is 2.34. The molecule has 23 heavy (non-hydrogen) atoms. The first-order chi connectivity index (χ1) is 11.0. The smallest absolute Gasteiger partial charge is 0.267 e. The Hall–Kier alpha value is -2.01. The number of benzene rings is 2. The van der Waals surface area contributed by atoms with E-state index in [0.29, 0.717) is 11.4 Å². The van der Waals surface area contributed by atoms with Crippen LogP contribution in [0.4, 0.5) is 5.69 Å². The van der Waals surface area contributed by atoms with Crippen LogP contribution in [0.1, 0.15) is 24.0 Å². The van der Waals surface area contributed by atoms with Gasteiger partial charge in [-0.05, 0) is 61.1 Å². The van der Waals surface area contributed by atoms with Crippen LogP contribution in [0.2, 0.25) is 0 Å². The summed E-state index contributed by atoms with van der Waals surface area (Å²) >= 11 is 0. The molecule has 0 heterocycles. The number of anilines is 1. The van der Waals surface area contributed by atoms with Gasteiger partial charge in [-0.3, -0.25) is 4.31 Å². The van der Waals surface area contributed by atoms with Gasteiger partial charge in [0.1, 0.15) is 10.6 Å². The third-order valence-corrected chi connectivity index (χ3v) is 6.19. The van der Waals surface area contributed by atoms with E-state index in [1.165, 1.54) is 17.0 Å². The zero-order valence-corrected chi connectivity index (χ0v) is 14.3. The summed E-state index contributed by atoms with van der Waals surface area (Å²) in [4.78, 5) is 0.243. The van der Waals surface area contributed by atoms with Crippen LogP contribution >= 0.6 is 0 Å². The van der Waals surface area contributed by atoms with Gasteiger partial charge in [-0.25, -0.2) is 8.42 Å². The normalized spacial score (nSPS) is 14.2. The minimum absolute atomic E-state index is 0.243. The van der Waals surface area contributed by atoms with Gasteiger partial charge in [0.2, 0.25) is 0 Å². The Morgan fingerprint density at radius 3 is 2.22 bits per heavy atom. The molecular weight excluding hydrogens is 310 g/mol. The zero-order chi connectivity index (χ0) is 16.4. The molecule has 0 unspecified atom stereocenters. The highest BCUT2D eigenvalue weighted by atomic mass is 32.2. The Kier molecular flexibility index (Phi) is 4.31. The quantitative estimate of drug-likeness (QED) is 0.862. The number of ether oxygens (including phenoxy) is 1. The lowest BCUT2D eigenvalue weighted by molar-refractivity contribution is 0.401. The van der Waals surface area contributed by atoms with Gasteiger partial charge in [-0.2, -0.15) is 0 Å². The number of aryl methyl sites for hydroxylation is 2. The molecule has 0 atom stereocenters. The third-order valence-electron chi connectivity index (χ3n) is 4.39. The molecule has 3 rings (SSSR count). The Bertz CT molecular complexity index is 801. The van der Waals surface area contributed by atoms with Gasteiger partial charge in [0.25, 0.3) is 10.0 Å². The van der Waals surface area contributed by atoms with Crippen molar-refractivity contribution >= 4 is 15.7 Å². The summed E-state index contributed by atoms with van der Waals surface area (Å²) in [7, 11) is -0.567. The maximum Gasteiger partial charge on any atom is 0.267 e. The van der Waals surface area contributed by atoms with Crippen LogP contribution in [0.5, 0.6) is 5.75 Å². The Morgan fingerprint density at radius 2 is 1.61 bits per heavy atom. The average molecular weight is 331 g/mol. The minimum Gasteiger partial charge on any atom is -0.495 e. The third kappa shape index (κ3) is 2.93. The summed E-state index contributed by atoms with van der Waals surface area (Å²) in [5, 5.41) is 0. The maximum absolute atomic E-state index is 13.0. The molecule has 0 saturated carbocycles. The van der Waals surface area contributed by atoms with Gasteiger partial charge in [-0.15, -0.1) is 0 Å². The summed E-state index contributed by atoms with van der Waals surface area (Å²) < 4.78 is 32.8. The maximum atomic E-state index is 13.0. The molecule has 0 aliphatic heterocycles. The molecule has 4 nitrogen and oxygen atoms in total. The second-order valence-electron chi connectivity index (χ2n) is 5.79. The van der Waals surface area contributed by atoms with Gasteiger partial charge >= 0.3 is 0 Å². The number of hydrogen-bond donors (Lipinski definition) is 0. The molecule has 0 N–H and O–H groups in total. The number of nitrogens with zero attached hydrogens (tertiary/aromatic N) is 1. The molecule has 0 spiro atoms. The summed E-state index contributed by atoms with van der Waals surface area (Å²) in [6.07, 6.45) is 4.16. The lowest BCUT2D eigenvalue weighted by Crippen LogP contribution is -2.27. The first-order valence-electron chi connectivity index (χ1n) is 7.78. The van der Waals surface area contributed by atoms with Gasteiger partial charge < -0.3 is 4.74 Å².